The molecule has 0 aromatic carbocycles. The largest absolute Gasteiger partial charge is 0.411 e. The van der Waals surface area contributed by atoms with Crippen LogP contribution < -0.4 is 5.32 Å². The van der Waals surface area contributed by atoms with Crippen LogP contribution in [0.3, 0.4) is 0 Å². The van der Waals surface area contributed by atoms with Crippen molar-refractivity contribution in [3.05, 3.63) is 24.6 Å². The van der Waals surface area contributed by atoms with Gasteiger partial charge in [0, 0.05) is 13.2 Å². The highest BCUT2D eigenvalue weighted by Crippen LogP contribution is 2.02. The molecule has 0 radical (unpaired) electrons. The van der Waals surface area contributed by atoms with Crippen molar-refractivity contribution in [3.63, 3.8) is 0 Å². The van der Waals surface area contributed by atoms with Crippen LogP contribution in [-0.2, 0) is 13.6 Å². The minimum absolute atomic E-state index is 0.418. The molecule has 0 atom stereocenters. The SMILES string of the molecule is Cn1cncc1CNc1nnco1. The molecule has 0 aliphatic rings. The fourth-order valence-corrected chi connectivity index (χ4v) is 0.971. The van der Waals surface area contributed by atoms with Gasteiger partial charge >= 0.3 is 6.01 Å². The van der Waals surface area contributed by atoms with Crippen molar-refractivity contribution in [3.8, 4) is 0 Å². The highest BCUT2D eigenvalue weighted by atomic mass is 16.4. The van der Waals surface area contributed by atoms with Crippen LogP contribution in [-0.4, -0.2) is 19.7 Å². The molecule has 0 saturated heterocycles. The summed E-state index contributed by atoms with van der Waals surface area (Å²) >= 11 is 0. The van der Waals surface area contributed by atoms with Crippen LogP contribution in [0, 0.1) is 0 Å². The summed E-state index contributed by atoms with van der Waals surface area (Å²) in [6.07, 6.45) is 4.81. The molecule has 1 N–H and O–H groups in total. The number of hydrogen-bond donors (Lipinski definition) is 1. The third kappa shape index (κ3) is 1.66. The Kier molecular flexibility index (Phi) is 1.95. The average molecular weight is 179 g/mol. The van der Waals surface area contributed by atoms with Crippen LogP contribution in [0.25, 0.3) is 0 Å². The van der Waals surface area contributed by atoms with Gasteiger partial charge in [0.2, 0.25) is 6.39 Å². The van der Waals surface area contributed by atoms with Crippen LogP contribution >= 0.6 is 0 Å². The minimum atomic E-state index is 0.418. The topological polar surface area (TPSA) is 68.8 Å². The maximum absolute atomic E-state index is 4.91. The van der Waals surface area contributed by atoms with E-state index in [1.54, 1.807) is 12.5 Å². The Morgan fingerprint density at radius 2 is 2.54 bits per heavy atom. The molecule has 0 aliphatic carbocycles. The number of nitrogens with one attached hydrogen (secondary N) is 1. The van der Waals surface area contributed by atoms with Gasteiger partial charge in [-0.15, -0.1) is 5.10 Å². The lowest BCUT2D eigenvalue weighted by atomic mass is 10.5. The Morgan fingerprint density at radius 1 is 1.62 bits per heavy atom. The fraction of sp³-hybridized carbons (Fsp3) is 0.286. The Hall–Kier alpha value is -1.85. The van der Waals surface area contributed by atoms with E-state index in [0.717, 1.165) is 5.69 Å². The van der Waals surface area contributed by atoms with E-state index in [0.29, 0.717) is 12.6 Å². The van der Waals surface area contributed by atoms with E-state index < -0.39 is 0 Å². The first-order valence-electron chi connectivity index (χ1n) is 3.81. The fourth-order valence-electron chi connectivity index (χ4n) is 0.971. The van der Waals surface area contributed by atoms with Crippen molar-refractivity contribution >= 4 is 6.01 Å². The first kappa shape index (κ1) is 7.78. The normalized spacial score (nSPS) is 10.2. The third-order valence-corrected chi connectivity index (χ3v) is 1.70. The van der Waals surface area contributed by atoms with Gasteiger partial charge in [0.15, 0.2) is 0 Å². The van der Waals surface area contributed by atoms with Gasteiger partial charge < -0.3 is 14.3 Å². The molecular weight excluding hydrogens is 170 g/mol. The summed E-state index contributed by atoms with van der Waals surface area (Å²) in [5, 5.41) is 10.2. The molecule has 68 valence electrons. The number of aromatic nitrogens is 4. The smallest absolute Gasteiger partial charge is 0.315 e. The van der Waals surface area contributed by atoms with E-state index in [2.05, 4.69) is 20.5 Å². The van der Waals surface area contributed by atoms with E-state index in [-0.39, 0.29) is 0 Å². The summed E-state index contributed by atoms with van der Waals surface area (Å²) < 4.78 is 6.83. The quantitative estimate of drug-likeness (QED) is 0.739. The van der Waals surface area contributed by atoms with Crippen molar-refractivity contribution in [2.24, 2.45) is 7.05 Å². The summed E-state index contributed by atoms with van der Waals surface area (Å²) in [5.41, 5.74) is 1.05. The van der Waals surface area contributed by atoms with Crippen LogP contribution in [0.1, 0.15) is 5.69 Å². The summed E-state index contributed by atoms with van der Waals surface area (Å²) in [6, 6.07) is 0.418. The Bertz CT molecular complexity index is 366. The van der Waals surface area contributed by atoms with E-state index >= 15 is 0 Å². The van der Waals surface area contributed by atoms with Gasteiger partial charge in [-0.3, -0.25) is 0 Å². The second-order valence-electron chi connectivity index (χ2n) is 2.59. The number of nitrogens with zero attached hydrogens (tertiary/aromatic N) is 4. The first-order chi connectivity index (χ1) is 6.36. The molecule has 0 fully saturated rings. The van der Waals surface area contributed by atoms with Crippen LogP contribution in [0.5, 0.6) is 0 Å². The zero-order valence-electron chi connectivity index (χ0n) is 7.14. The second kappa shape index (κ2) is 3.26. The van der Waals surface area contributed by atoms with Gasteiger partial charge in [0.1, 0.15) is 0 Å². The molecule has 6 nitrogen and oxygen atoms in total. The standard InChI is InChI=1S/C7H9N5O/c1-12-4-8-2-6(12)3-9-7-11-10-5-13-7/h2,4-5H,3H2,1H3,(H,9,11). The van der Waals surface area contributed by atoms with Crippen molar-refractivity contribution in [2.45, 2.75) is 6.54 Å². The molecule has 0 aliphatic heterocycles. The van der Waals surface area contributed by atoms with Crippen LogP contribution in [0.15, 0.2) is 23.3 Å². The summed E-state index contributed by atoms with van der Waals surface area (Å²) in [7, 11) is 1.93. The van der Waals surface area contributed by atoms with Gasteiger partial charge in [-0.25, -0.2) is 4.98 Å². The van der Waals surface area contributed by atoms with Crippen molar-refractivity contribution < 1.29 is 4.42 Å². The number of anilines is 1. The highest BCUT2D eigenvalue weighted by Gasteiger charge is 2.00. The lowest BCUT2D eigenvalue weighted by Gasteiger charge is -2.00. The van der Waals surface area contributed by atoms with E-state index in [4.69, 9.17) is 4.42 Å². The average Bonchev–Trinajstić information content (AvgIpc) is 2.72. The van der Waals surface area contributed by atoms with Gasteiger partial charge in [0.25, 0.3) is 0 Å². The molecule has 2 aromatic heterocycles. The predicted octanol–water partition coefficient (Wildman–Crippen LogP) is 0.415. The van der Waals surface area contributed by atoms with E-state index in [9.17, 15) is 0 Å². The number of hydrogen-bond acceptors (Lipinski definition) is 5. The molecule has 2 heterocycles. The van der Waals surface area contributed by atoms with Gasteiger partial charge in [-0.1, -0.05) is 5.10 Å². The van der Waals surface area contributed by atoms with E-state index in [1.165, 1.54) is 6.39 Å². The summed E-state index contributed by atoms with van der Waals surface area (Å²) in [4.78, 5) is 3.98. The lowest BCUT2D eigenvalue weighted by Crippen LogP contribution is -2.03. The predicted molar refractivity (Wildman–Crippen MR) is 44.8 cm³/mol. The second-order valence-corrected chi connectivity index (χ2v) is 2.59. The van der Waals surface area contributed by atoms with Gasteiger partial charge in [-0.2, -0.15) is 0 Å². The molecule has 0 unspecified atom stereocenters. The summed E-state index contributed by atoms with van der Waals surface area (Å²) in [5.74, 6) is 0. The summed E-state index contributed by atoms with van der Waals surface area (Å²) in [6.45, 7) is 0.624. The minimum Gasteiger partial charge on any atom is -0.411 e. The zero-order valence-corrected chi connectivity index (χ0v) is 7.14. The number of imidazole rings is 1. The maximum Gasteiger partial charge on any atom is 0.315 e. The van der Waals surface area contributed by atoms with Crippen LogP contribution in [0.4, 0.5) is 6.01 Å². The van der Waals surface area contributed by atoms with Gasteiger partial charge in [-0.05, 0) is 0 Å². The lowest BCUT2D eigenvalue weighted by molar-refractivity contribution is 0.564. The first-order valence-corrected chi connectivity index (χ1v) is 3.81. The van der Waals surface area contributed by atoms with Crippen molar-refractivity contribution in [1.29, 1.82) is 0 Å². The molecule has 2 aromatic rings. The molecule has 2 rings (SSSR count). The molecule has 13 heavy (non-hydrogen) atoms. The van der Waals surface area contributed by atoms with Crippen molar-refractivity contribution in [2.75, 3.05) is 5.32 Å². The van der Waals surface area contributed by atoms with Crippen molar-refractivity contribution in [1.82, 2.24) is 19.7 Å². The van der Waals surface area contributed by atoms with E-state index in [1.807, 2.05) is 11.6 Å². The molecule has 6 heteroatoms. The molecule has 0 saturated carbocycles. The highest BCUT2D eigenvalue weighted by molar-refractivity contribution is 5.17. The number of aryl methyl sites for hydroxylation is 1. The zero-order chi connectivity index (χ0) is 9.10. The third-order valence-electron chi connectivity index (χ3n) is 1.70. The maximum atomic E-state index is 4.91. The molecule has 0 bridgehead atoms. The Labute approximate surface area is 74.6 Å². The molecule has 0 spiro atoms. The molecular formula is C7H9N5O. The monoisotopic (exact) mass is 179 g/mol. The Balaban J connectivity index is 1.97. The number of rotatable bonds is 3. The van der Waals surface area contributed by atoms with Gasteiger partial charge in [0.05, 0.1) is 18.6 Å². The van der Waals surface area contributed by atoms with Crippen LogP contribution in [0.2, 0.25) is 0 Å². The molecule has 0 amide bonds. The Morgan fingerprint density at radius 3 is 3.15 bits per heavy atom.